The summed E-state index contributed by atoms with van der Waals surface area (Å²) in [5.41, 5.74) is 1.88. The van der Waals surface area contributed by atoms with Gasteiger partial charge in [0, 0.05) is 11.6 Å². The zero-order valence-electron chi connectivity index (χ0n) is 10.6. The van der Waals surface area contributed by atoms with Gasteiger partial charge in [0.05, 0.1) is 20.5 Å². The summed E-state index contributed by atoms with van der Waals surface area (Å²) >= 11 is 6.44. The van der Waals surface area contributed by atoms with E-state index in [1.54, 1.807) is 20.5 Å². The van der Waals surface area contributed by atoms with Gasteiger partial charge < -0.3 is 13.9 Å². The number of ether oxygens (including phenoxy) is 2. The number of hydrogen-bond donors (Lipinski definition) is 0. The van der Waals surface area contributed by atoms with E-state index in [0.29, 0.717) is 5.75 Å². The molecule has 0 fully saturated rings. The average Bonchev–Trinajstić information content (AvgIpc) is 2.83. The van der Waals surface area contributed by atoms with Crippen LogP contribution in [0.3, 0.4) is 0 Å². The molecule has 0 saturated carbocycles. The van der Waals surface area contributed by atoms with E-state index in [2.05, 4.69) is 0 Å². The summed E-state index contributed by atoms with van der Waals surface area (Å²) in [4.78, 5) is 0. The molecule has 0 aliphatic rings. The van der Waals surface area contributed by atoms with Crippen LogP contribution < -0.4 is 9.47 Å². The van der Waals surface area contributed by atoms with E-state index in [-0.39, 0.29) is 5.38 Å². The van der Waals surface area contributed by atoms with Crippen LogP contribution in [-0.2, 0) is 0 Å². The Bertz CT molecular complexity index is 534. The van der Waals surface area contributed by atoms with E-state index in [1.807, 2.05) is 31.2 Å². The van der Waals surface area contributed by atoms with Crippen molar-refractivity contribution in [2.24, 2.45) is 0 Å². The highest BCUT2D eigenvalue weighted by Gasteiger charge is 2.20. The minimum absolute atomic E-state index is 0.374. The molecule has 0 amide bonds. The van der Waals surface area contributed by atoms with Crippen LogP contribution >= 0.6 is 11.6 Å². The molecule has 96 valence electrons. The first-order valence-corrected chi connectivity index (χ1v) is 6.01. The maximum absolute atomic E-state index is 6.44. The smallest absolute Gasteiger partial charge is 0.129 e. The van der Waals surface area contributed by atoms with Gasteiger partial charge >= 0.3 is 0 Å². The van der Waals surface area contributed by atoms with Crippen LogP contribution in [0, 0.1) is 6.92 Å². The van der Waals surface area contributed by atoms with Crippen LogP contribution in [0.5, 0.6) is 11.5 Å². The first-order valence-electron chi connectivity index (χ1n) is 5.57. The third kappa shape index (κ3) is 2.31. The summed E-state index contributed by atoms with van der Waals surface area (Å²) < 4.78 is 15.9. The number of halogens is 1. The molecule has 1 aromatic carbocycles. The van der Waals surface area contributed by atoms with E-state index in [9.17, 15) is 0 Å². The molecule has 1 aromatic heterocycles. The lowest BCUT2D eigenvalue weighted by atomic mass is 10.1. The number of rotatable bonds is 4. The maximum Gasteiger partial charge on any atom is 0.129 e. The normalized spacial score (nSPS) is 12.2. The number of hydrogen-bond acceptors (Lipinski definition) is 3. The van der Waals surface area contributed by atoms with Crippen LogP contribution in [-0.4, -0.2) is 14.2 Å². The molecule has 18 heavy (non-hydrogen) atoms. The number of methoxy groups -OCH3 is 2. The Morgan fingerprint density at radius 2 is 1.94 bits per heavy atom. The summed E-state index contributed by atoms with van der Waals surface area (Å²) in [7, 11) is 3.22. The molecule has 1 heterocycles. The molecule has 0 bridgehead atoms. The van der Waals surface area contributed by atoms with Crippen molar-refractivity contribution >= 4 is 11.6 Å². The van der Waals surface area contributed by atoms with Crippen molar-refractivity contribution in [2.45, 2.75) is 12.3 Å². The van der Waals surface area contributed by atoms with Crippen molar-refractivity contribution in [3.8, 4) is 11.5 Å². The molecule has 1 unspecified atom stereocenters. The lowest BCUT2D eigenvalue weighted by Crippen LogP contribution is -1.98. The van der Waals surface area contributed by atoms with Crippen molar-refractivity contribution in [3.63, 3.8) is 0 Å². The zero-order valence-corrected chi connectivity index (χ0v) is 11.3. The SMILES string of the molecule is COc1ccc(C(Cl)c2occc2C)c(OC)c1. The Morgan fingerprint density at radius 3 is 2.50 bits per heavy atom. The largest absolute Gasteiger partial charge is 0.497 e. The fraction of sp³-hybridized carbons (Fsp3) is 0.286. The summed E-state index contributed by atoms with van der Waals surface area (Å²) in [6.07, 6.45) is 1.63. The van der Waals surface area contributed by atoms with Crippen molar-refractivity contribution in [1.82, 2.24) is 0 Å². The monoisotopic (exact) mass is 266 g/mol. The Morgan fingerprint density at radius 1 is 1.17 bits per heavy atom. The standard InChI is InChI=1S/C14H15ClO3/c1-9-6-7-18-14(9)13(15)11-5-4-10(16-2)8-12(11)17-3/h4-8,13H,1-3H3. The van der Waals surface area contributed by atoms with Gasteiger partial charge in [-0.25, -0.2) is 0 Å². The maximum atomic E-state index is 6.44. The van der Waals surface area contributed by atoms with E-state index in [0.717, 1.165) is 22.6 Å². The second kappa shape index (κ2) is 5.36. The second-order valence-electron chi connectivity index (χ2n) is 3.94. The number of benzene rings is 1. The van der Waals surface area contributed by atoms with Crippen molar-refractivity contribution in [2.75, 3.05) is 14.2 Å². The van der Waals surface area contributed by atoms with Crippen LogP contribution in [0.15, 0.2) is 34.9 Å². The van der Waals surface area contributed by atoms with E-state index < -0.39 is 0 Å². The van der Waals surface area contributed by atoms with E-state index in [1.165, 1.54) is 0 Å². The predicted molar refractivity (Wildman–Crippen MR) is 70.7 cm³/mol. The topological polar surface area (TPSA) is 31.6 Å². The van der Waals surface area contributed by atoms with Crippen LogP contribution in [0.4, 0.5) is 0 Å². The molecule has 1 atom stereocenters. The predicted octanol–water partition coefficient (Wildman–Crippen LogP) is 3.93. The van der Waals surface area contributed by atoms with Gasteiger partial charge in [-0.15, -0.1) is 11.6 Å². The molecule has 4 heteroatoms. The van der Waals surface area contributed by atoms with Gasteiger partial charge in [-0.1, -0.05) is 0 Å². The first-order chi connectivity index (χ1) is 8.67. The quantitative estimate of drug-likeness (QED) is 0.786. The molecular weight excluding hydrogens is 252 g/mol. The summed E-state index contributed by atoms with van der Waals surface area (Å²) in [5.74, 6) is 2.15. The second-order valence-corrected chi connectivity index (χ2v) is 4.37. The van der Waals surface area contributed by atoms with E-state index in [4.69, 9.17) is 25.5 Å². The highest BCUT2D eigenvalue weighted by Crippen LogP contribution is 2.38. The minimum Gasteiger partial charge on any atom is -0.497 e. The third-order valence-corrected chi connectivity index (χ3v) is 3.28. The highest BCUT2D eigenvalue weighted by atomic mass is 35.5. The van der Waals surface area contributed by atoms with Crippen LogP contribution in [0.25, 0.3) is 0 Å². The molecule has 0 spiro atoms. The molecular formula is C14H15ClO3. The summed E-state index contributed by atoms with van der Waals surface area (Å²) in [5, 5.41) is -0.374. The summed E-state index contributed by atoms with van der Waals surface area (Å²) in [6, 6.07) is 7.44. The van der Waals surface area contributed by atoms with Crippen molar-refractivity contribution in [1.29, 1.82) is 0 Å². The van der Waals surface area contributed by atoms with Gasteiger partial charge in [0.1, 0.15) is 22.6 Å². The van der Waals surface area contributed by atoms with Gasteiger partial charge in [0.2, 0.25) is 0 Å². The van der Waals surface area contributed by atoms with Crippen LogP contribution in [0.2, 0.25) is 0 Å². The van der Waals surface area contributed by atoms with Crippen LogP contribution in [0.1, 0.15) is 22.3 Å². The van der Waals surface area contributed by atoms with Gasteiger partial charge in [-0.3, -0.25) is 0 Å². The van der Waals surface area contributed by atoms with Crippen molar-refractivity contribution < 1.29 is 13.9 Å². The molecule has 0 radical (unpaired) electrons. The molecule has 0 N–H and O–H groups in total. The lowest BCUT2D eigenvalue weighted by Gasteiger charge is -2.14. The Kier molecular flexibility index (Phi) is 3.82. The van der Waals surface area contributed by atoms with Gasteiger partial charge in [0.25, 0.3) is 0 Å². The first kappa shape index (κ1) is 12.8. The zero-order chi connectivity index (χ0) is 13.1. The average molecular weight is 267 g/mol. The fourth-order valence-electron chi connectivity index (χ4n) is 1.81. The van der Waals surface area contributed by atoms with Gasteiger partial charge in [-0.05, 0) is 30.7 Å². The van der Waals surface area contributed by atoms with E-state index >= 15 is 0 Å². The Balaban J connectivity index is 2.41. The molecule has 0 aliphatic carbocycles. The molecule has 0 saturated heterocycles. The number of furan rings is 1. The van der Waals surface area contributed by atoms with Gasteiger partial charge in [0.15, 0.2) is 0 Å². The molecule has 2 rings (SSSR count). The fourth-order valence-corrected chi connectivity index (χ4v) is 2.22. The molecule has 2 aromatic rings. The lowest BCUT2D eigenvalue weighted by molar-refractivity contribution is 0.390. The summed E-state index contributed by atoms with van der Waals surface area (Å²) in [6.45, 7) is 1.96. The molecule has 0 aliphatic heterocycles. The Labute approximate surface area is 111 Å². The number of aryl methyl sites for hydroxylation is 1. The Hall–Kier alpha value is -1.61. The highest BCUT2D eigenvalue weighted by molar-refractivity contribution is 6.22. The van der Waals surface area contributed by atoms with Gasteiger partial charge in [-0.2, -0.15) is 0 Å². The minimum atomic E-state index is -0.374. The third-order valence-electron chi connectivity index (χ3n) is 2.85. The van der Waals surface area contributed by atoms with Crippen molar-refractivity contribution in [3.05, 3.63) is 47.4 Å². The molecule has 3 nitrogen and oxygen atoms in total. The number of alkyl halides is 1.